The summed E-state index contributed by atoms with van der Waals surface area (Å²) in [6, 6.07) is 17.2. The van der Waals surface area contributed by atoms with E-state index in [1.54, 1.807) is 12.1 Å². The molecule has 1 aliphatic carbocycles. The molecule has 0 aliphatic heterocycles. The second-order valence-corrected chi connectivity index (χ2v) is 9.46. The summed E-state index contributed by atoms with van der Waals surface area (Å²) in [5.74, 6) is 0.920. The van der Waals surface area contributed by atoms with Crippen molar-refractivity contribution in [1.82, 2.24) is 19.7 Å². The second-order valence-electron chi connectivity index (χ2n) is 9.46. The summed E-state index contributed by atoms with van der Waals surface area (Å²) in [5, 5.41) is 6.38. The maximum Gasteiger partial charge on any atom is 0.514 e. The first-order chi connectivity index (χ1) is 17.9. The number of aromatic nitrogens is 3. The van der Waals surface area contributed by atoms with Crippen LogP contribution in [0.1, 0.15) is 37.0 Å². The number of carbonyl (C=O) groups is 2. The van der Waals surface area contributed by atoms with Crippen LogP contribution >= 0.6 is 0 Å². The van der Waals surface area contributed by atoms with Crippen LogP contribution in [0, 0.1) is 5.92 Å². The fourth-order valence-electron chi connectivity index (χ4n) is 3.92. The van der Waals surface area contributed by atoms with Gasteiger partial charge in [0.25, 0.3) is 11.8 Å². The minimum absolute atomic E-state index is 0.0849. The molecule has 1 fully saturated rings. The number of rotatable bonds is 8. The first-order valence-electron chi connectivity index (χ1n) is 12.3. The lowest BCUT2D eigenvalue weighted by Gasteiger charge is -2.12. The highest BCUT2D eigenvalue weighted by molar-refractivity contribution is 5.95. The molecule has 190 valence electrons. The zero-order chi connectivity index (χ0) is 25.9. The first-order valence-corrected chi connectivity index (χ1v) is 12.3. The summed E-state index contributed by atoms with van der Waals surface area (Å²) in [5.41, 5.74) is 3.98. The molecule has 37 heavy (non-hydrogen) atoms. The molecule has 9 heteroatoms. The molecule has 2 heterocycles. The van der Waals surface area contributed by atoms with Gasteiger partial charge in [0, 0.05) is 35.5 Å². The van der Waals surface area contributed by atoms with Gasteiger partial charge in [-0.25, -0.2) is 9.78 Å². The van der Waals surface area contributed by atoms with E-state index in [9.17, 15) is 9.59 Å². The Morgan fingerprint density at radius 1 is 1.03 bits per heavy atom. The zero-order valence-corrected chi connectivity index (χ0v) is 21.0. The largest absolute Gasteiger partial charge is 0.514 e. The van der Waals surface area contributed by atoms with Crippen LogP contribution in [-0.4, -0.2) is 46.1 Å². The maximum absolute atomic E-state index is 12.5. The van der Waals surface area contributed by atoms with Crippen LogP contribution in [0.5, 0.6) is 5.88 Å². The molecule has 5 rings (SSSR count). The number of carbonyl (C=O) groups excluding carboxylic acids is 2. The molecule has 1 saturated carbocycles. The van der Waals surface area contributed by atoms with Crippen molar-refractivity contribution in [2.75, 3.05) is 19.0 Å². The highest BCUT2D eigenvalue weighted by Gasteiger charge is 2.25. The van der Waals surface area contributed by atoms with E-state index in [0.717, 1.165) is 29.7 Å². The normalized spacial score (nSPS) is 13.0. The predicted octanol–water partition coefficient (Wildman–Crippen LogP) is 5.17. The predicted molar refractivity (Wildman–Crippen MR) is 141 cm³/mol. The van der Waals surface area contributed by atoms with E-state index in [4.69, 9.17) is 14.5 Å². The molecule has 2 aromatic heterocycles. The highest BCUT2D eigenvalue weighted by atomic mass is 16.7. The molecule has 4 aromatic rings. The summed E-state index contributed by atoms with van der Waals surface area (Å²) in [6.45, 7) is 4.89. The average Bonchev–Trinajstić information content (AvgIpc) is 3.65. The molecular weight excluding hydrogens is 470 g/mol. The van der Waals surface area contributed by atoms with Gasteiger partial charge in [0.1, 0.15) is 5.69 Å². The van der Waals surface area contributed by atoms with Gasteiger partial charge in [-0.3, -0.25) is 9.20 Å². The number of ether oxygens (including phenoxy) is 2. The Hall–Kier alpha value is -4.40. The lowest BCUT2D eigenvalue weighted by Crippen LogP contribution is -2.25. The fraction of sp³-hybridized carbons (Fsp3) is 0.286. The Kier molecular flexibility index (Phi) is 6.76. The summed E-state index contributed by atoms with van der Waals surface area (Å²) in [7, 11) is 1.25. The van der Waals surface area contributed by atoms with Crippen molar-refractivity contribution in [2.24, 2.45) is 5.92 Å². The van der Waals surface area contributed by atoms with E-state index in [2.05, 4.69) is 29.5 Å². The van der Waals surface area contributed by atoms with Crippen molar-refractivity contribution in [3.05, 3.63) is 66.4 Å². The number of nitrogens with zero attached hydrogens (tertiary/aromatic N) is 3. The van der Waals surface area contributed by atoms with Gasteiger partial charge < -0.3 is 20.1 Å². The molecule has 0 unspecified atom stereocenters. The number of imidazole rings is 1. The van der Waals surface area contributed by atoms with Crippen LogP contribution in [0.15, 0.2) is 60.8 Å². The number of methoxy groups -OCH3 is 1. The number of hydrogen-bond donors (Lipinski definition) is 2. The molecule has 1 aliphatic rings. The summed E-state index contributed by atoms with van der Waals surface area (Å²) in [6.07, 6.45) is 3.03. The average molecular weight is 500 g/mol. The summed E-state index contributed by atoms with van der Waals surface area (Å²) in [4.78, 5) is 34.1. The van der Waals surface area contributed by atoms with Crippen LogP contribution in [0.25, 0.3) is 28.2 Å². The summed E-state index contributed by atoms with van der Waals surface area (Å²) >= 11 is 0. The van der Waals surface area contributed by atoms with Crippen molar-refractivity contribution in [1.29, 1.82) is 0 Å². The maximum atomic E-state index is 12.5. The van der Waals surface area contributed by atoms with Gasteiger partial charge in [-0.2, -0.15) is 4.98 Å². The van der Waals surface area contributed by atoms with Crippen LogP contribution in [0.4, 0.5) is 10.6 Å². The van der Waals surface area contributed by atoms with Crippen LogP contribution in [0.2, 0.25) is 0 Å². The van der Waals surface area contributed by atoms with Gasteiger partial charge in [0.15, 0.2) is 11.5 Å². The van der Waals surface area contributed by atoms with E-state index < -0.39 is 6.16 Å². The number of benzene rings is 2. The van der Waals surface area contributed by atoms with E-state index >= 15 is 0 Å². The lowest BCUT2D eigenvalue weighted by molar-refractivity contribution is 0.0950. The standard InChI is InChI=1S/C28H29N5O4/c1-17(2)15-29-24-25-32-27(37-28(35)36-3)23(33(25)16-22(31-24)18-7-5-4-6-8-18)19-9-11-20(12-10-19)26(34)30-21-13-14-21/h4-12,16-17,21H,13-15H2,1-3H3,(H,29,31)(H,30,34). The van der Waals surface area contributed by atoms with Gasteiger partial charge in [-0.05, 0) is 30.9 Å². The van der Waals surface area contributed by atoms with Gasteiger partial charge in [-0.15, -0.1) is 0 Å². The van der Waals surface area contributed by atoms with Gasteiger partial charge in [0.2, 0.25) is 0 Å². The molecule has 2 N–H and O–H groups in total. The number of nitrogens with one attached hydrogen (secondary N) is 2. The third kappa shape index (κ3) is 5.40. The fourth-order valence-corrected chi connectivity index (χ4v) is 3.92. The van der Waals surface area contributed by atoms with Crippen LogP contribution < -0.4 is 15.4 Å². The van der Waals surface area contributed by atoms with Crippen LogP contribution in [-0.2, 0) is 4.74 Å². The van der Waals surface area contributed by atoms with Crippen LogP contribution in [0.3, 0.4) is 0 Å². The molecule has 0 saturated heterocycles. The number of hydrogen-bond acceptors (Lipinski definition) is 7. The monoisotopic (exact) mass is 499 g/mol. The topological polar surface area (TPSA) is 107 Å². The smallest absolute Gasteiger partial charge is 0.437 e. The van der Waals surface area contributed by atoms with Crippen molar-refractivity contribution >= 4 is 23.5 Å². The van der Waals surface area contributed by atoms with Gasteiger partial charge >= 0.3 is 6.16 Å². The Balaban J connectivity index is 1.65. The Bertz CT molecular complexity index is 1430. The SMILES string of the molecule is COC(=O)Oc1nc2c(NCC(C)C)nc(-c3ccccc3)cn2c1-c1ccc(C(=O)NC2CC2)cc1. The molecule has 9 nitrogen and oxygen atoms in total. The molecule has 2 aromatic carbocycles. The van der Waals surface area contributed by atoms with E-state index in [-0.39, 0.29) is 17.8 Å². The van der Waals surface area contributed by atoms with E-state index in [1.165, 1.54) is 7.11 Å². The number of fused-ring (bicyclic) bond motifs is 1. The molecule has 0 atom stereocenters. The third-order valence-electron chi connectivity index (χ3n) is 6.00. The van der Waals surface area contributed by atoms with Crippen molar-refractivity contribution < 1.29 is 19.1 Å². The van der Waals surface area contributed by atoms with Crippen molar-refractivity contribution in [2.45, 2.75) is 32.7 Å². The van der Waals surface area contributed by atoms with Crippen molar-refractivity contribution in [3.8, 4) is 28.4 Å². The molecule has 1 amide bonds. The molecule has 0 radical (unpaired) electrons. The molecule has 0 bridgehead atoms. The summed E-state index contributed by atoms with van der Waals surface area (Å²) < 4.78 is 12.1. The number of amides is 1. The van der Waals surface area contributed by atoms with Gasteiger partial charge in [-0.1, -0.05) is 56.3 Å². The van der Waals surface area contributed by atoms with Crippen molar-refractivity contribution in [3.63, 3.8) is 0 Å². The van der Waals surface area contributed by atoms with Gasteiger partial charge in [0.05, 0.1) is 12.8 Å². The second kappa shape index (κ2) is 10.3. The first kappa shape index (κ1) is 24.3. The Morgan fingerprint density at radius 2 is 1.76 bits per heavy atom. The molecular formula is C28H29N5O4. The number of anilines is 1. The quantitative estimate of drug-likeness (QED) is 0.322. The van der Waals surface area contributed by atoms with E-state index in [0.29, 0.717) is 35.2 Å². The third-order valence-corrected chi connectivity index (χ3v) is 6.00. The Labute approximate surface area is 214 Å². The zero-order valence-electron chi connectivity index (χ0n) is 21.0. The molecule has 0 spiro atoms. The van der Waals surface area contributed by atoms with E-state index in [1.807, 2.05) is 53.1 Å². The Morgan fingerprint density at radius 3 is 2.41 bits per heavy atom. The minimum Gasteiger partial charge on any atom is -0.437 e. The highest BCUT2D eigenvalue weighted by Crippen LogP contribution is 2.35. The minimum atomic E-state index is -0.877. The lowest BCUT2D eigenvalue weighted by atomic mass is 10.1.